The second-order valence-electron chi connectivity index (χ2n) is 3.11. The van der Waals surface area contributed by atoms with E-state index >= 15 is 0 Å². The van der Waals surface area contributed by atoms with Gasteiger partial charge in [0, 0.05) is 6.54 Å². The molecule has 0 aromatic heterocycles. The van der Waals surface area contributed by atoms with Crippen molar-refractivity contribution < 1.29 is 0 Å². The molecule has 74 valence electrons. The molecular formula is C13H17N. The molecule has 0 bridgehead atoms. The van der Waals surface area contributed by atoms with Crippen molar-refractivity contribution in [2.45, 2.75) is 13.3 Å². The molecule has 0 unspecified atom stereocenters. The van der Waals surface area contributed by atoms with Gasteiger partial charge < -0.3 is 5.32 Å². The number of hydrogen-bond donors (Lipinski definition) is 1. The summed E-state index contributed by atoms with van der Waals surface area (Å²) in [6.45, 7) is 6.61. The average molecular weight is 187 g/mol. The predicted molar refractivity (Wildman–Crippen MR) is 63.1 cm³/mol. The molecule has 0 saturated heterocycles. The lowest BCUT2D eigenvalue weighted by Crippen LogP contribution is -2.09. The van der Waals surface area contributed by atoms with E-state index in [2.05, 4.69) is 48.3 Å². The van der Waals surface area contributed by atoms with Gasteiger partial charge in [-0.1, -0.05) is 43.0 Å². The maximum Gasteiger partial charge on any atom is 0.0182 e. The first kappa shape index (κ1) is 10.6. The van der Waals surface area contributed by atoms with Crippen LogP contribution in [0.15, 0.2) is 43.1 Å². The third kappa shape index (κ3) is 3.09. The van der Waals surface area contributed by atoms with Crippen molar-refractivity contribution in [3.05, 3.63) is 54.2 Å². The van der Waals surface area contributed by atoms with E-state index in [1.54, 1.807) is 6.20 Å². The van der Waals surface area contributed by atoms with E-state index in [-0.39, 0.29) is 0 Å². The first-order valence-corrected chi connectivity index (χ1v) is 4.93. The zero-order valence-electron chi connectivity index (χ0n) is 8.66. The Morgan fingerprint density at radius 3 is 2.86 bits per heavy atom. The van der Waals surface area contributed by atoms with Crippen LogP contribution in [0.1, 0.15) is 18.1 Å². The molecule has 0 amide bonds. The predicted octanol–water partition coefficient (Wildman–Crippen LogP) is 3.00. The summed E-state index contributed by atoms with van der Waals surface area (Å²) in [6.07, 6.45) is 6.98. The van der Waals surface area contributed by atoms with Crippen LogP contribution in [-0.2, 0) is 6.42 Å². The van der Waals surface area contributed by atoms with Crippen LogP contribution in [-0.4, -0.2) is 6.54 Å². The Morgan fingerprint density at radius 2 is 2.14 bits per heavy atom. The Morgan fingerprint density at radius 1 is 1.36 bits per heavy atom. The fourth-order valence-electron chi connectivity index (χ4n) is 1.41. The van der Waals surface area contributed by atoms with Crippen LogP contribution in [0.4, 0.5) is 0 Å². The van der Waals surface area contributed by atoms with E-state index in [9.17, 15) is 0 Å². The van der Waals surface area contributed by atoms with Crippen molar-refractivity contribution in [3.63, 3.8) is 0 Å². The van der Waals surface area contributed by atoms with E-state index in [1.165, 1.54) is 11.1 Å². The number of allylic oxidation sites excluding steroid dienone is 1. The van der Waals surface area contributed by atoms with Crippen LogP contribution in [0.25, 0.3) is 6.08 Å². The first-order valence-electron chi connectivity index (χ1n) is 4.93. The third-order valence-corrected chi connectivity index (χ3v) is 2.08. The van der Waals surface area contributed by atoms with Gasteiger partial charge in [0.2, 0.25) is 0 Å². The minimum absolute atomic E-state index is 0.943. The largest absolute Gasteiger partial charge is 0.391 e. The number of benzene rings is 1. The van der Waals surface area contributed by atoms with E-state index in [0.29, 0.717) is 0 Å². The van der Waals surface area contributed by atoms with E-state index in [1.807, 2.05) is 6.92 Å². The Bertz CT molecular complexity index is 313. The molecule has 1 N–H and O–H groups in total. The molecule has 1 aromatic rings. The summed E-state index contributed by atoms with van der Waals surface area (Å²) in [5.41, 5.74) is 2.68. The molecule has 0 saturated carbocycles. The molecule has 0 aliphatic rings. The summed E-state index contributed by atoms with van der Waals surface area (Å²) < 4.78 is 0. The summed E-state index contributed by atoms with van der Waals surface area (Å²) in [4.78, 5) is 0. The van der Waals surface area contributed by atoms with Crippen molar-refractivity contribution in [3.8, 4) is 0 Å². The molecule has 0 heterocycles. The normalized spacial score (nSPS) is 10.4. The van der Waals surface area contributed by atoms with Crippen LogP contribution < -0.4 is 5.32 Å². The highest BCUT2D eigenvalue weighted by atomic mass is 14.8. The van der Waals surface area contributed by atoms with Crippen molar-refractivity contribution in [2.75, 3.05) is 6.54 Å². The minimum Gasteiger partial charge on any atom is -0.391 e. The quantitative estimate of drug-likeness (QED) is 0.699. The summed E-state index contributed by atoms with van der Waals surface area (Å²) in [6, 6.07) is 8.46. The summed E-state index contributed by atoms with van der Waals surface area (Å²) in [5.74, 6) is 0. The van der Waals surface area contributed by atoms with Gasteiger partial charge in [-0.15, -0.1) is 0 Å². The Kier molecular flexibility index (Phi) is 4.56. The van der Waals surface area contributed by atoms with E-state index in [4.69, 9.17) is 0 Å². The van der Waals surface area contributed by atoms with Gasteiger partial charge in [-0.05, 0) is 30.7 Å². The summed E-state index contributed by atoms with van der Waals surface area (Å²) >= 11 is 0. The highest BCUT2D eigenvalue weighted by Crippen LogP contribution is 2.10. The number of rotatable bonds is 5. The topological polar surface area (TPSA) is 12.0 Å². The SMILES string of the molecule is C=CNCCc1ccccc1/C=C\C. The molecule has 0 spiro atoms. The fraction of sp³-hybridized carbons (Fsp3) is 0.231. The highest BCUT2D eigenvalue weighted by molar-refractivity contribution is 5.53. The van der Waals surface area contributed by atoms with E-state index in [0.717, 1.165) is 13.0 Å². The highest BCUT2D eigenvalue weighted by Gasteiger charge is 1.96. The van der Waals surface area contributed by atoms with Gasteiger partial charge in [-0.2, -0.15) is 0 Å². The Balaban J connectivity index is 2.68. The van der Waals surface area contributed by atoms with Gasteiger partial charge in [0.05, 0.1) is 0 Å². The molecule has 1 heteroatoms. The molecular weight excluding hydrogens is 170 g/mol. The van der Waals surface area contributed by atoms with Crippen LogP contribution in [0.2, 0.25) is 0 Å². The van der Waals surface area contributed by atoms with Gasteiger partial charge in [0.1, 0.15) is 0 Å². The lowest BCUT2D eigenvalue weighted by atomic mass is 10.0. The fourth-order valence-corrected chi connectivity index (χ4v) is 1.41. The Labute approximate surface area is 86.2 Å². The van der Waals surface area contributed by atoms with Crippen LogP contribution in [0, 0.1) is 0 Å². The van der Waals surface area contributed by atoms with Crippen molar-refractivity contribution in [2.24, 2.45) is 0 Å². The summed E-state index contributed by atoms with van der Waals surface area (Å²) in [5, 5.41) is 3.11. The second-order valence-corrected chi connectivity index (χ2v) is 3.11. The van der Waals surface area contributed by atoms with E-state index < -0.39 is 0 Å². The minimum atomic E-state index is 0.943. The lowest BCUT2D eigenvalue weighted by Gasteiger charge is -2.05. The molecule has 1 aromatic carbocycles. The summed E-state index contributed by atoms with van der Waals surface area (Å²) in [7, 11) is 0. The first-order chi connectivity index (χ1) is 6.88. The maximum absolute atomic E-state index is 3.63. The van der Waals surface area contributed by atoms with Gasteiger partial charge in [0.15, 0.2) is 0 Å². The molecule has 0 fully saturated rings. The van der Waals surface area contributed by atoms with Crippen LogP contribution in [0.5, 0.6) is 0 Å². The zero-order valence-corrected chi connectivity index (χ0v) is 8.66. The molecule has 0 atom stereocenters. The molecule has 1 rings (SSSR count). The standard InChI is InChI=1S/C13H17N/c1-3-7-12-8-5-6-9-13(12)10-11-14-4-2/h3-9,14H,2,10-11H2,1H3/b7-3-. The second kappa shape index (κ2) is 6.03. The van der Waals surface area contributed by atoms with Crippen molar-refractivity contribution in [1.82, 2.24) is 5.32 Å². The number of nitrogens with one attached hydrogen (secondary N) is 1. The third-order valence-electron chi connectivity index (χ3n) is 2.08. The van der Waals surface area contributed by atoms with Crippen molar-refractivity contribution >= 4 is 6.08 Å². The van der Waals surface area contributed by atoms with Gasteiger partial charge in [-0.3, -0.25) is 0 Å². The van der Waals surface area contributed by atoms with Crippen LogP contribution >= 0.6 is 0 Å². The smallest absolute Gasteiger partial charge is 0.0182 e. The van der Waals surface area contributed by atoms with Crippen molar-refractivity contribution in [1.29, 1.82) is 0 Å². The Hall–Kier alpha value is -1.50. The molecule has 1 nitrogen and oxygen atoms in total. The van der Waals surface area contributed by atoms with Gasteiger partial charge >= 0.3 is 0 Å². The monoisotopic (exact) mass is 187 g/mol. The zero-order chi connectivity index (χ0) is 10.2. The lowest BCUT2D eigenvalue weighted by molar-refractivity contribution is 0.833. The number of hydrogen-bond acceptors (Lipinski definition) is 1. The van der Waals surface area contributed by atoms with Gasteiger partial charge in [-0.25, -0.2) is 0 Å². The molecule has 0 aliphatic carbocycles. The molecule has 0 aliphatic heterocycles. The molecule has 0 radical (unpaired) electrons. The molecule has 14 heavy (non-hydrogen) atoms. The average Bonchev–Trinajstić information content (AvgIpc) is 2.21. The maximum atomic E-state index is 3.63. The van der Waals surface area contributed by atoms with Crippen LogP contribution in [0.3, 0.4) is 0 Å². The van der Waals surface area contributed by atoms with Gasteiger partial charge in [0.25, 0.3) is 0 Å².